The van der Waals surface area contributed by atoms with Crippen LogP contribution in [-0.2, 0) is 0 Å². The second-order valence-corrected chi connectivity index (χ2v) is 8.78. The number of fused-ring (bicyclic) bond motifs is 1. The number of carbonyl (C=O) groups excluding carboxylic acids is 1. The maximum Gasteiger partial charge on any atom is 0.272 e. The number of aryl methyl sites for hydroxylation is 1. The van der Waals surface area contributed by atoms with Crippen molar-refractivity contribution in [3.63, 3.8) is 0 Å². The zero-order valence-electron chi connectivity index (χ0n) is 14.5. The second-order valence-electron chi connectivity index (χ2n) is 6.58. The van der Waals surface area contributed by atoms with Crippen LogP contribution in [0.3, 0.4) is 0 Å². The first-order valence-corrected chi connectivity index (χ1v) is 10.1. The highest BCUT2D eigenvalue weighted by molar-refractivity contribution is 9.10. The van der Waals surface area contributed by atoms with Crippen LogP contribution in [0.2, 0.25) is 0 Å². The maximum absolute atomic E-state index is 12.8. The minimum absolute atomic E-state index is 0.204. The van der Waals surface area contributed by atoms with E-state index in [-0.39, 0.29) is 5.91 Å². The lowest BCUT2D eigenvalue weighted by Gasteiger charge is -2.09. The summed E-state index contributed by atoms with van der Waals surface area (Å²) in [4.78, 5) is 19.9. The molecule has 26 heavy (non-hydrogen) atoms. The molecule has 0 bridgehead atoms. The molecule has 1 aliphatic carbocycles. The summed E-state index contributed by atoms with van der Waals surface area (Å²) in [6.07, 6.45) is 2.29. The fourth-order valence-electron chi connectivity index (χ4n) is 2.87. The molecule has 4 rings (SSSR count). The lowest BCUT2D eigenvalue weighted by atomic mass is 10.1. The highest BCUT2D eigenvalue weighted by Crippen LogP contribution is 2.40. The lowest BCUT2D eigenvalue weighted by Crippen LogP contribution is -2.20. The molecule has 0 aliphatic heterocycles. The van der Waals surface area contributed by atoms with E-state index in [0.717, 1.165) is 44.5 Å². The zero-order valence-corrected chi connectivity index (χ0v) is 16.9. The summed E-state index contributed by atoms with van der Waals surface area (Å²) >= 11 is 5.15. The summed E-state index contributed by atoms with van der Waals surface area (Å²) in [6, 6.07) is 11.8. The number of rotatable bonds is 4. The first-order chi connectivity index (χ1) is 12.5. The molecule has 1 aliphatic rings. The third-order valence-corrected chi connectivity index (χ3v) is 6.06. The van der Waals surface area contributed by atoms with Crippen LogP contribution >= 0.6 is 27.3 Å². The van der Waals surface area contributed by atoms with Crippen molar-refractivity contribution in [2.24, 2.45) is 5.10 Å². The molecule has 0 saturated heterocycles. The Balaban J connectivity index is 1.68. The number of carbonyl (C=O) groups is 1. The Labute approximate surface area is 164 Å². The fraction of sp³-hybridized carbons (Fsp3) is 0.250. The number of nitrogens with one attached hydrogen (secondary N) is 1. The summed E-state index contributed by atoms with van der Waals surface area (Å²) in [7, 11) is 0. The topological polar surface area (TPSA) is 54.4 Å². The Kier molecular flexibility index (Phi) is 4.63. The van der Waals surface area contributed by atoms with E-state index < -0.39 is 0 Å². The van der Waals surface area contributed by atoms with Crippen molar-refractivity contribution in [2.75, 3.05) is 0 Å². The predicted molar refractivity (Wildman–Crippen MR) is 110 cm³/mol. The normalized spacial score (nSPS) is 14.7. The van der Waals surface area contributed by atoms with Gasteiger partial charge in [0.2, 0.25) is 0 Å². The average Bonchev–Trinajstić information content (AvgIpc) is 3.39. The van der Waals surface area contributed by atoms with Crippen LogP contribution in [0.25, 0.3) is 10.9 Å². The van der Waals surface area contributed by atoms with Gasteiger partial charge in [0.1, 0.15) is 0 Å². The van der Waals surface area contributed by atoms with Gasteiger partial charge in [0.25, 0.3) is 5.91 Å². The van der Waals surface area contributed by atoms with Gasteiger partial charge in [0.05, 0.1) is 21.7 Å². The molecule has 1 fully saturated rings. The maximum atomic E-state index is 12.8. The monoisotopic (exact) mass is 427 g/mol. The number of pyridine rings is 1. The number of benzene rings is 1. The Bertz CT molecular complexity index is 1040. The minimum Gasteiger partial charge on any atom is -0.267 e. The standard InChI is InChI=1S/C20H18BrN3OS/c1-11-3-8-19(26-11)12(2)23-24-20(25)16-10-18(13-4-5-13)22-17-7-6-14(21)9-15(16)17/h3,6-10,13H,4-5H2,1-2H3,(H,24,25). The van der Waals surface area contributed by atoms with Gasteiger partial charge < -0.3 is 0 Å². The highest BCUT2D eigenvalue weighted by atomic mass is 79.9. The van der Waals surface area contributed by atoms with E-state index >= 15 is 0 Å². The zero-order chi connectivity index (χ0) is 18.3. The van der Waals surface area contributed by atoms with Gasteiger partial charge in [-0.1, -0.05) is 15.9 Å². The third-order valence-electron chi connectivity index (χ3n) is 4.45. The molecule has 2 aromatic heterocycles. The predicted octanol–water partition coefficient (Wildman–Crippen LogP) is 5.40. The van der Waals surface area contributed by atoms with Crippen molar-refractivity contribution in [3.05, 3.63) is 61.9 Å². The Morgan fingerprint density at radius 2 is 2.08 bits per heavy atom. The second kappa shape index (κ2) is 6.93. The number of nitrogens with zero attached hydrogens (tertiary/aromatic N) is 2. The highest BCUT2D eigenvalue weighted by Gasteiger charge is 2.27. The van der Waals surface area contributed by atoms with Crippen molar-refractivity contribution in [1.29, 1.82) is 0 Å². The van der Waals surface area contributed by atoms with Gasteiger partial charge >= 0.3 is 0 Å². The van der Waals surface area contributed by atoms with Crippen LogP contribution in [0.1, 0.15) is 51.5 Å². The molecule has 0 radical (unpaired) electrons. The van der Waals surface area contributed by atoms with Crippen LogP contribution in [0.15, 0.2) is 46.0 Å². The van der Waals surface area contributed by atoms with E-state index in [4.69, 9.17) is 4.98 Å². The number of amides is 1. The molecule has 6 heteroatoms. The van der Waals surface area contributed by atoms with Gasteiger partial charge in [-0.2, -0.15) is 5.10 Å². The Morgan fingerprint density at radius 3 is 2.77 bits per heavy atom. The molecule has 4 nitrogen and oxygen atoms in total. The Hall–Kier alpha value is -2.05. The lowest BCUT2D eigenvalue weighted by molar-refractivity contribution is 0.0956. The van der Waals surface area contributed by atoms with E-state index in [0.29, 0.717) is 11.5 Å². The number of halogens is 1. The average molecular weight is 428 g/mol. The number of aromatic nitrogens is 1. The van der Waals surface area contributed by atoms with Crippen LogP contribution in [0, 0.1) is 6.92 Å². The molecule has 1 N–H and O–H groups in total. The molecule has 132 valence electrons. The quantitative estimate of drug-likeness (QED) is 0.447. The summed E-state index contributed by atoms with van der Waals surface area (Å²) in [6.45, 7) is 3.96. The van der Waals surface area contributed by atoms with Gasteiger partial charge in [-0.15, -0.1) is 11.3 Å². The van der Waals surface area contributed by atoms with Gasteiger partial charge in [-0.3, -0.25) is 9.78 Å². The molecule has 2 heterocycles. The molecule has 3 aromatic rings. The van der Waals surface area contributed by atoms with Crippen molar-refractivity contribution in [1.82, 2.24) is 10.4 Å². The molecule has 0 atom stereocenters. The van der Waals surface area contributed by atoms with Crippen molar-refractivity contribution in [2.45, 2.75) is 32.6 Å². The van der Waals surface area contributed by atoms with E-state index in [1.54, 1.807) is 11.3 Å². The van der Waals surface area contributed by atoms with Crippen LogP contribution in [-0.4, -0.2) is 16.6 Å². The summed E-state index contributed by atoms with van der Waals surface area (Å²) in [5.74, 6) is 0.277. The van der Waals surface area contributed by atoms with Crippen molar-refractivity contribution >= 4 is 49.8 Å². The molecule has 1 amide bonds. The summed E-state index contributed by atoms with van der Waals surface area (Å²) < 4.78 is 0.925. The van der Waals surface area contributed by atoms with E-state index in [2.05, 4.69) is 39.4 Å². The SMILES string of the molecule is CC(=NNC(=O)c1cc(C2CC2)nc2ccc(Br)cc12)c1ccc(C)s1. The van der Waals surface area contributed by atoms with Gasteiger partial charge in [0, 0.05) is 26.3 Å². The largest absolute Gasteiger partial charge is 0.272 e. The fourth-order valence-corrected chi connectivity index (χ4v) is 4.05. The summed E-state index contributed by atoms with van der Waals surface area (Å²) in [5.41, 5.74) is 5.99. The molecule has 1 aromatic carbocycles. The third kappa shape index (κ3) is 3.57. The first kappa shape index (κ1) is 17.4. The number of hydrogen-bond acceptors (Lipinski definition) is 4. The van der Waals surface area contributed by atoms with Crippen molar-refractivity contribution < 1.29 is 4.79 Å². The minimum atomic E-state index is -0.204. The van der Waals surface area contributed by atoms with Gasteiger partial charge in [-0.25, -0.2) is 5.43 Å². The molecule has 0 unspecified atom stereocenters. The number of hydrogen-bond donors (Lipinski definition) is 1. The first-order valence-electron chi connectivity index (χ1n) is 8.53. The number of thiophene rings is 1. The molecule has 1 saturated carbocycles. The van der Waals surface area contributed by atoms with E-state index in [1.807, 2.05) is 37.3 Å². The van der Waals surface area contributed by atoms with Gasteiger partial charge in [0.15, 0.2) is 0 Å². The van der Waals surface area contributed by atoms with Crippen LogP contribution in [0.5, 0.6) is 0 Å². The molecule has 0 spiro atoms. The van der Waals surface area contributed by atoms with Crippen LogP contribution < -0.4 is 5.43 Å². The molecular formula is C20H18BrN3OS. The smallest absolute Gasteiger partial charge is 0.267 e. The van der Waals surface area contributed by atoms with Gasteiger partial charge in [-0.05, 0) is 63.1 Å². The van der Waals surface area contributed by atoms with Crippen molar-refractivity contribution in [3.8, 4) is 0 Å². The van der Waals surface area contributed by atoms with Crippen LogP contribution in [0.4, 0.5) is 0 Å². The summed E-state index contributed by atoms with van der Waals surface area (Å²) in [5, 5.41) is 5.13. The van der Waals surface area contributed by atoms with E-state index in [9.17, 15) is 4.79 Å². The Morgan fingerprint density at radius 1 is 1.27 bits per heavy atom. The molecular weight excluding hydrogens is 410 g/mol. The van der Waals surface area contributed by atoms with E-state index in [1.165, 1.54) is 4.88 Å². The number of hydrazone groups is 1.